The van der Waals surface area contributed by atoms with Gasteiger partial charge in [-0.3, -0.25) is 9.69 Å². The van der Waals surface area contributed by atoms with Crippen LogP contribution in [0.4, 0.5) is 39.5 Å². The smallest absolute Gasteiger partial charge is 0.383 e. The molecule has 3 heterocycles. The van der Waals surface area contributed by atoms with E-state index in [4.69, 9.17) is 28.9 Å². The predicted octanol–water partition coefficient (Wildman–Crippen LogP) is 7.22. The zero-order valence-corrected chi connectivity index (χ0v) is 22.8. The van der Waals surface area contributed by atoms with E-state index >= 15 is 0 Å². The van der Waals surface area contributed by atoms with Gasteiger partial charge in [0.1, 0.15) is 11.6 Å². The summed E-state index contributed by atoms with van der Waals surface area (Å²) in [6.45, 7) is 0.313. The van der Waals surface area contributed by atoms with Gasteiger partial charge in [-0.15, -0.1) is 0 Å². The number of anilines is 3. The van der Waals surface area contributed by atoms with Gasteiger partial charge in [-0.2, -0.15) is 13.2 Å². The number of rotatable bonds is 4. The summed E-state index contributed by atoms with van der Waals surface area (Å²) in [4.78, 5) is 32.4. The number of nitrogen functional groups attached to an aromatic ring is 1. The summed E-state index contributed by atoms with van der Waals surface area (Å²) in [5.74, 6) is -2.03. The minimum absolute atomic E-state index is 0.141. The molecule has 13 heteroatoms. The Morgan fingerprint density at radius 3 is 2.62 bits per heavy atom. The molecule has 214 valence electrons. The first-order valence-electron chi connectivity index (χ1n) is 12.5. The van der Waals surface area contributed by atoms with Crippen LogP contribution in [0.3, 0.4) is 0 Å². The Kier molecular flexibility index (Phi) is 6.74. The highest BCUT2D eigenvalue weighted by Gasteiger charge is 2.41. The first-order chi connectivity index (χ1) is 19.9. The fourth-order valence-electron chi connectivity index (χ4n) is 5.43. The van der Waals surface area contributed by atoms with Crippen LogP contribution in [0.5, 0.6) is 0 Å². The van der Waals surface area contributed by atoms with Crippen LogP contribution in [0.25, 0.3) is 11.1 Å². The number of aromatic nitrogens is 1. The maximum atomic E-state index is 14.2. The minimum atomic E-state index is -4.87. The SMILES string of the molecule is Nc1ncccc1-c1cc(NC(=O)c2cc(F)cc(C(F)(F)F)c2)c2c3c1CCN3C(=O)NC2c1cc(Cl)ccc1Cl. The van der Waals surface area contributed by atoms with Crippen LogP contribution < -0.4 is 21.3 Å². The number of nitrogens with zero attached hydrogens (tertiary/aromatic N) is 2. The lowest BCUT2D eigenvalue weighted by molar-refractivity contribution is -0.137. The van der Waals surface area contributed by atoms with E-state index in [0.717, 1.165) is 5.56 Å². The first-order valence-corrected chi connectivity index (χ1v) is 13.3. The maximum Gasteiger partial charge on any atom is 0.416 e. The second-order valence-corrected chi connectivity index (χ2v) is 10.6. The summed E-state index contributed by atoms with van der Waals surface area (Å²) in [7, 11) is 0. The average Bonchev–Trinajstić information content (AvgIpc) is 3.38. The number of pyridine rings is 1. The Morgan fingerprint density at radius 2 is 1.88 bits per heavy atom. The molecule has 6 rings (SSSR count). The number of amides is 3. The summed E-state index contributed by atoms with van der Waals surface area (Å²) in [5, 5.41) is 6.18. The first kappa shape index (κ1) is 27.8. The van der Waals surface area contributed by atoms with Gasteiger partial charge in [0, 0.05) is 45.2 Å². The van der Waals surface area contributed by atoms with Crippen molar-refractivity contribution in [2.45, 2.75) is 18.6 Å². The van der Waals surface area contributed by atoms with Gasteiger partial charge >= 0.3 is 12.2 Å². The number of hydrogen-bond acceptors (Lipinski definition) is 4. The van der Waals surface area contributed by atoms with E-state index in [9.17, 15) is 27.2 Å². The summed E-state index contributed by atoms with van der Waals surface area (Å²) < 4.78 is 54.4. The van der Waals surface area contributed by atoms with Crippen molar-refractivity contribution in [1.82, 2.24) is 10.3 Å². The zero-order chi connectivity index (χ0) is 29.9. The normalized spacial score (nSPS) is 15.8. The Balaban J connectivity index is 1.58. The molecule has 0 saturated heterocycles. The molecule has 42 heavy (non-hydrogen) atoms. The molecule has 2 aliphatic heterocycles. The summed E-state index contributed by atoms with van der Waals surface area (Å²) >= 11 is 12.8. The third-order valence-corrected chi connectivity index (χ3v) is 7.81. The lowest BCUT2D eigenvalue weighted by Gasteiger charge is -2.35. The van der Waals surface area contributed by atoms with Crippen molar-refractivity contribution in [3.05, 3.63) is 104 Å². The monoisotopic (exact) mass is 615 g/mol. The summed E-state index contributed by atoms with van der Waals surface area (Å²) in [6.07, 6.45) is -2.91. The van der Waals surface area contributed by atoms with Crippen LogP contribution in [0.1, 0.15) is 38.7 Å². The highest BCUT2D eigenvalue weighted by molar-refractivity contribution is 6.33. The predicted molar refractivity (Wildman–Crippen MR) is 151 cm³/mol. The highest BCUT2D eigenvalue weighted by atomic mass is 35.5. The molecule has 0 fully saturated rings. The number of nitrogens with one attached hydrogen (secondary N) is 2. The van der Waals surface area contributed by atoms with E-state index in [1.165, 1.54) is 11.1 Å². The molecule has 0 saturated carbocycles. The fraction of sp³-hybridized carbons (Fsp3) is 0.138. The number of halogens is 6. The number of hydrogen-bond donors (Lipinski definition) is 3. The topological polar surface area (TPSA) is 100 Å². The molecule has 4 aromatic rings. The Bertz CT molecular complexity index is 1800. The van der Waals surface area contributed by atoms with E-state index in [-0.39, 0.29) is 16.5 Å². The van der Waals surface area contributed by atoms with E-state index in [1.54, 1.807) is 36.4 Å². The van der Waals surface area contributed by atoms with Crippen LogP contribution in [-0.2, 0) is 12.6 Å². The van der Waals surface area contributed by atoms with Gasteiger partial charge in [0.05, 0.1) is 17.3 Å². The molecule has 3 amide bonds. The van der Waals surface area contributed by atoms with Crippen molar-refractivity contribution in [2.24, 2.45) is 0 Å². The molecular weight excluding hydrogens is 597 g/mol. The lowest BCUT2D eigenvalue weighted by atomic mass is 9.87. The molecule has 1 aromatic heterocycles. The summed E-state index contributed by atoms with van der Waals surface area (Å²) in [6, 6.07) is 10.0. The molecule has 0 aliphatic carbocycles. The number of carbonyl (C=O) groups excluding carboxylic acids is 2. The van der Waals surface area contributed by atoms with Crippen molar-refractivity contribution in [1.29, 1.82) is 0 Å². The third-order valence-electron chi connectivity index (χ3n) is 7.24. The maximum absolute atomic E-state index is 14.2. The van der Waals surface area contributed by atoms with Crippen molar-refractivity contribution in [3.8, 4) is 11.1 Å². The molecule has 0 radical (unpaired) electrons. The van der Waals surface area contributed by atoms with Gasteiger partial charge < -0.3 is 16.4 Å². The number of nitrogens with two attached hydrogens (primary N) is 1. The highest BCUT2D eigenvalue weighted by Crippen LogP contribution is 2.50. The van der Waals surface area contributed by atoms with Crippen LogP contribution >= 0.6 is 23.2 Å². The number of urea groups is 1. The Hall–Kier alpha value is -4.35. The van der Waals surface area contributed by atoms with Gasteiger partial charge in [0.15, 0.2) is 0 Å². The fourth-order valence-corrected chi connectivity index (χ4v) is 5.84. The quantitative estimate of drug-likeness (QED) is 0.211. The van der Waals surface area contributed by atoms with Crippen molar-refractivity contribution < 1.29 is 27.2 Å². The molecule has 1 unspecified atom stereocenters. The second kappa shape index (κ2) is 10.2. The Morgan fingerprint density at radius 1 is 1.10 bits per heavy atom. The standard InChI is InChI=1S/C29H19Cl2F4N5O2/c30-15-3-4-21(31)20(11-15)24-23-22(38-27(41)13-8-14(29(33,34)35)10-16(32)9-13)12-19(18-2-1-6-37-26(18)36)17-5-7-40(25(17)23)28(42)39-24/h1-4,6,8-12,24H,5,7H2,(H2,36,37)(H,38,41)(H,39,42). The molecule has 3 aromatic carbocycles. The van der Waals surface area contributed by atoms with Gasteiger partial charge in [-0.1, -0.05) is 23.2 Å². The molecule has 4 N–H and O–H groups in total. The molecule has 0 bridgehead atoms. The van der Waals surface area contributed by atoms with Crippen LogP contribution in [-0.4, -0.2) is 23.5 Å². The number of alkyl halides is 3. The van der Waals surface area contributed by atoms with E-state index in [1.807, 2.05) is 0 Å². The van der Waals surface area contributed by atoms with Crippen LogP contribution in [0.15, 0.2) is 60.8 Å². The lowest BCUT2D eigenvalue weighted by Crippen LogP contribution is -2.46. The molecule has 7 nitrogen and oxygen atoms in total. The van der Waals surface area contributed by atoms with Gasteiger partial charge in [-0.05, 0) is 77.7 Å². The van der Waals surface area contributed by atoms with Crippen molar-refractivity contribution in [3.63, 3.8) is 0 Å². The minimum Gasteiger partial charge on any atom is -0.383 e. The second-order valence-electron chi connectivity index (χ2n) is 9.78. The largest absolute Gasteiger partial charge is 0.416 e. The summed E-state index contributed by atoms with van der Waals surface area (Å²) in [5.41, 5.74) is 7.68. The van der Waals surface area contributed by atoms with Gasteiger partial charge in [0.2, 0.25) is 0 Å². The van der Waals surface area contributed by atoms with Crippen molar-refractivity contribution >= 4 is 52.3 Å². The molecule has 2 aliphatic rings. The molecular formula is C29H19Cl2F4N5O2. The van der Waals surface area contributed by atoms with Crippen LogP contribution in [0.2, 0.25) is 10.0 Å². The zero-order valence-electron chi connectivity index (χ0n) is 21.3. The number of carbonyl (C=O) groups is 2. The third kappa shape index (κ3) is 4.78. The number of benzene rings is 3. The van der Waals surface area contributed by atoms with Crippen LogP contribution in [0, 0.1) is 5.82 Å². The van der Waals surface area contributed by atoms with Crippen molar-refractivity contribution in [2.75, 3.05) is 22.5 Å². The van der Waals surface area contributed by atoms with E-state index in [0.29, 0.717) is 64.1 Å². The van der Waals surface area contributed by atoms with Gasteiger partial charge in [0.25, 0.3) is 5.91 Å². The van der Waals surface area contributed by atoms with E-state index < -0.39 is 41.1 Å². The van der Waals surface area contributed by atoms with E-state index in [2.05, 4.69) is 15.6 Å². The Labute approximate surface area is 246 Å². The van der Waals surface area contributed by atoms with Gasteiger partial charge in [-0.25, -0.2) is 14.2 Å². The molecule has 0 spiro atoms. The molecule has 1 atom stereocenters. The average molecular weight is 616 g/mol.